The molecule has 5 nitrogen and oxygen atoms in total. The Bertz CT molecular complexity index is 219. The topological polar surface area (TPSA) is 95.6 Å². The summed E-state index contributed by atoms with van der Waals surface area (Å²) in [6, 6.07) is -0.671. The van der Waals surface area contributed by atoms with E-state index in [0.29, 0.717) is 0 Å². The van der Waals surface area contributed by atoms with Gasteiger partial charge in [0.25, 0.3) is 0 Å². The summed E-state index contributed by atoms with van der Waals surface area (Å²) in [5.74, 6) is -0.367. The first kappa shape index (κ1) is 14.3. The number of carbonyl (C=O) groups excluding carboxylic acids is 1. The molecule has 0 aromatic rings. The fourth-order valence-corrected chi connectivity index (χ4v) is 0.898. The van der Waals surface area contributed by atoms with E-state index in [1.165, 1.54) is 0 Å². The Balaban J connectivity index is 4.49. The number of aliphatic hydroxyl groups excluding tert-OH is 2. The summed E-state index contributed by atoms with van der Waals surface area (Å²) >= 11 is 0. The number of amides is 1. The van der Waals surface area contributed by atoms with Crippen molar-refractivity contribution in [1.29, 1.82) is 0 Å². The predicted molar refractivity (Wildman–Crippen MR) is 58.1 cm³/mol. The van der Waals surface area contributed by atoms with E-state index in [1.807, 2.05) is 20.8 Å². The second-order valence-electron chi connectivity index (χ2n) is 5.21. The normalized spacial score (nSPS) is 14.9. The van der Waals surface area contributed by atoms with Crippen molar-refractivity contribution in [2.75, 3.05) is 13.2 Å². The molecule has 15 heavy (non-hydrogen) atoms. The second-order valence-corrected chi connectivity index (χ2v) is 5.21. The molecule has 0 rings (SSSR count). The maximum atomic E-state index is 11.7. The number of hydrogen-bond acceptors (Lipinski definition) is 4. The first-order valence-corrected chi connectivity index (χ1v) is 4.95. The molecule has 0 bridgehead atoms. The minimum atomic E-state index is -1.01. The van der Waals surface area contributed by atoms with Crippen LogP contribution in [0.2, 0.25) is 0 Å². The highest BCUT2D eigenvalue weighted by atomic mass is 16.3. The average molecular weight is 218 g/mol. The van der Waals surface area contributed by atoms with Crippen LogP contribution in [0.3, 0.4) is 0 Å². The molecule has 0 aliphatic carbocycles. The van der Waals surface area contributed by atoms with Crippen molar-refractivity contribution in [3.8, 4) is 0 Å². The van der Waals surface area contributed by atoms with Gasteiger partial charge in [-0.1, -0.05) is 20.8 Å². The van der Waals surface area contributed by atoms with Gasteiger partial charge in [0.05, 0.1) is 24.8 Å². The van der Waals surface area contributed by atoms with Gasteiger partial charge in [0.15, 0.2) is 0 Å². The summed E-state index contributed by atoms with van der Waals surface area (Å²) in [5.41, 5.74) is 4.37. The molecule has 0 aliphatic heterocycles. The summed E-state index contributed by atoms with van der Waals surface area (Å²) in [5, 5.41) is 20.5. The van der Waals surface area contributed by atoms with E-state index in [4.69, 9.17) is 15.9 Å². The number of nitrogens with one attached hydrogen (secondary N) is 1. The third kappa shape index (κ3) is 4.15. The van der Waals surface area contributed by atoms with Crippen molar-refractivity contribution in [3.05, 3.63) is 0 Å². The van der Waals surface area contributed by atoms with Gasteiger partial charge in [-0.05, 0) is 12.3 Å². The van der Waals surface area contributed by atoms with Gasteiger partial charge < -0.3 is 21.3 Å². The van der Waals surface area contributed by atoms with E-state index in [-0.39, 0.29) is 24.5 Å². The Kier molecular flexibility index (Phi) is 4.70. The maximum absolute atomic E-state index is 11.7. The highest BCUT2D eigenvalue weighted by Gasteiger charge is 2.32. The van der Waals surface area contributed by atoms with Crippen LogP contribution in [0.15, 0.2) is 0 Å². The highest BCUT2D eigenvalue weighted by molar-refractivity contribution is 5.83. The van der Waals surface area contributed by atoms with Gasteiger partial charge in [0, 0.05) is 0 Å². The van der Waals surface area contributed by atoms with E-state index in [9.17, 15) is 4.79 Å². The number of nitrogens with two attached hydrogens (primary N) is 1. The zero-order valence-electron chi connectivity index (χ0n) is 9.87. The van der Waals surface area contributed by atoms with Gasteiger partial charge in [-0.25, -0.2) is 0 Å². The lowest BCUT2D eigenvalue weighted by atomic mass is 9.86. The van der Waals surface area contributed by atoms with Gasteiger partial charge in [-0.15, -0.1) is 0 Å². The van der Waals surface area contributed by atoms with Crippen LogP contribution in [-0.4, -0.2) is 40.9 Å². The lowest BCUT2D eigenvalue weighted by Crippen LogP contribution is -2.58. The summed E-state index contributed by atoms with van der Waals surface area (Å²) < 4.78 is 0. The number of rotatable bonds is 4. The summed E-state index contributed by atoms with van der Waals surface area (Å²) in [6.07, 6.45) is 0. The van der Waals surface area contributed by atoms with Crippen LogP contribution in [0.1, 0.15) is 27.7 Å². The molecule has 5 heteroatoms. The summed E-state index contributed by atoms with van der Waals surface area (Å²) in [7, 11) is 0. The molecule has 0 aromatic carbocycles. The molecule has 0 heterocycles. The van der Waals surface area contributed by atoms with Crippen molar-refractivity contribution in [3.63, 3.8) is 0 Å². The van der Waals surface area contributed by atoms with Gasteiger partial charge in [-0.2, -0.15) is 0 Å². The fourth-order valence-electron chi connectivity index (χ4n) is 0.898. The molecule has 0 fully saturated rings. The molecule has 0 saturated carbocycles. The first-order valence-electron chi connectivity index (χ1n) is 4.95. The monoisotopic (exact) mass is 218 g/mol. The fraction of sp³-hybridized carbons (Fsp3) is 0.900. The van der Waals surface area contributed by atoms with E-state index in [1.54, 1.807) is 6.92 Å². The molecule has 0 aliphatic rings. The Labute approximate surface area is 90.7 Å². The molecule has 0 unspecified atom stereocenters. The minimum absolute atomic E-state index is 0.327. The zero-order chi connectivity index (χ0) is 12.3. The standard InChI is InChI=1S/C10H22N2O3/c1-9(2,3)7(11)8(15)12-10(4,5-13)6-14/h7,13-14H,5-6,11H2,1-4H3,(H,12,15)/t7-/m0/s1. The Hall–Kier alpha value is -0.650. The largest absolute Gasteiger partial charge is 0.394 e. The third-order valence-corrected chi connectivity index (χ3v) is 2.34. The van der Waals surface area contributed by atoms with E-state index in [0.717, 1.165) is 0 Å². The van der Waals surface area contributed by atoms with Crippen LogP contribution in [-0.2, 0) is 4.79 Å². The molecule has 90 valence electrons. The van der Waals surface area contributed by atoms with Crippen molar-refractivity contribution in [2.45, 2.75) is 39.3 Å². The molecule has 0 radical (unpaired) electrons. The molecule has 0 saturated heterocycles. The molecule has 1 amide bonds. The van der Waals surface area contributed by atoms with Gasteiger partial charge in [-0.3, -0.25) is 4.79 Å². The van der Waals surface area contributed by atoms with Gasteiger partial charge in [0.1, 0.15) is 0 Å². The van der Waals surface area contributed by atoms with Crippen LogP contribution in [0.5, 0.6) is 0 Å². The van der Waals surface area contributed by atoms with Crippen LogP contribution >= 0.6 is 0 Å². The molecule has 0 spiro atoms. The number of aliphatic hydroxyl groups is 2. The first-order chi connectivity index (χ1) is 6.66. The summed E-state index contributed by atoms with van der Waals surface area (Å²) in [4.78, 5) is 11.7. The van der Waals surface area contributed by atoms with Crippen LogP contribution in [0.25, 0.3) is 0 Å². The SMILES string of the molecule is CC(CO)(CO)NC(=O)[C@H](N)C(C)(C)C. The Morgan fingerprint density at radius 3 is 1.93 bits per heavy atom. The summed E-state index contributed by atoms with van der Waals surface area (Å²) in [6.45, 7) is 6.46. The lowest BCUT2D eigenvalue weighted by Gasteiger charge is -2.32. The average Bonchev–Trinajstić information content (AvgIpc) is 2.15. The highest BCUT2D eigenvalue weighted by Crippen LogP contribution is 2.18. The predicted octanol–water partition coefficient (Wildman–Crippen LogP) is -0.781. The molecular weight excluding hydrogens is 196 g/mol. The van der Waals surface area contributed by atoms with Crippen LogP contribution < -0.4 is 11.1 Å². The number of hydrogen-bond donors (Lipinski definition) is 4. The second kappa shape index (κ2) is 4.92. The zero-order valence-corrected chi connectivity index (χ0v) is 9.87. The third-order valence-electron chi connectivity index (χ3n) is 2.34. The molecule has 5 N–H and O–H groups in total. The van der Waals surface area contributed by atoms with Crippen LogP contribution in [0.4, 0.5) is 0 Å². The van der Waals surface area contributed by atoms with E-state index in [2.05, 4.69) is 5.32 Å². The molecule has 0 aromatic heterocycles. The maximum Gasteiger partial charge on any atom is 0.238 e. The minimum Gasteiger partial charge on any atom is -0.394 e. The van der Waals surface area contributed by atoms with Crippen LogP contribution in [0, 0.1) is 5.41 Å². The number of carbonyl (C=O) groups is 1. The Morgan fingerprint density at radius 1 is 1.27 bits per heavy atom. The van der Waals surface area contributed by atoms with Gasteiger partial charge in [0.2, 0.25) is 5.91 Å². The van der Waals surface area contributed by atoms with E-state index >= 15 is 0 Å². The van der Waals surface area contributed by atoms with Crippen molar-refractivity contribution in [2.24, 2.45) is 11.1 Å². The van der Waals surface area contributed by atoms with E-state index < -0.39 is 11.6 Å². The molecule has 1 atom stereocenters. The van der Waals surface area contributed by atoms with Crippen molar-refractivity contribution in [1.82, 2.24) is 5.32 Å². The van der Waals surface area contributed by atoms with Crippen molar-refractivity contribution >= 4 is 5.91 Å². The van der Waals surface area contributed by atoms with Crippen molar-refractivity contribution < 1.29 is 15.0 Å². The smallest absolute Gasteiger partial charge is 0.238 e. The van der Waals surface area contributed by atoms with Gasteiger partial charge >= 0.3 is 0 Å². The molecular formula is C10H22N2O3. The Morgan fingerprint density at radius 2 is 1.67 bits per heavy atom. The lowest BCUT2D eigenvalue weighted by molar-refractivity contribution is -0.127. The quantitative estimate of drug-likeness (QED) is 0.498.